The molecule has 2 amide bonds. The van der Waals surface area contributed by atoms with E-state index in [0.717, 1.165) is 11.3 Å². The van der Waals surface area contributed by atoms with Gasteiger partial charge in [0.1, 0.15) is 5.75 Å². The molecule has 7 heteroatoms. The number of nitrogens with one attached hydrogen (secondary N) is 1. The first kappa shape index (κ1) is 21.7. The van der Waals surface area contributed by atoms with Gasteiger partial charge >= 0.3 is 0 Å². The van der Waals surface area contributed by atoms with Crippen LogP contribution in [0.15, 0.2) is 48.5 Å². The maximum absolute atomic E-state index is 12.5. The van der Waals surface area contributed by atoms with E-state index in [9.17, 15) is 9.59 Å². The average Bonchev–Trinajstić information content (AvgIpc) is 2.65. The monoisotopic (exact) mass is 403 g/mol. The molecule has 2 aromatic carbocycles. The van der Waals surface area contributed by atoms with Crippen molar-refractivity contribution in [3.63, 3.8) is 0 Å². The van der Waals surface area contributed by atoms with Gasteiger partial charge in [0.05, 0.1) is 30.4 Å². The molecule has 0 spiro atoms. The number of likely N-dealkylation sites (N-methyl/N-ethyl adjacent to an activating group) is 2. The lowest BCUT2D eigenvalue weighted by atomic mass is 10.2. The highest BCUT2D eigenvalue weighted by molar-refractivity contribution is 6.33. The van der Waals surface area contributed by atoms with Crippen molar-refractivity contribution in [2.75, 3.05) is 39.1 Å². The minimum Gasteiger partial charge on any atom is -0.494 e. The second-order valence-electron chi connectivity index (χ2n) is 6.49. The van der Waals surface area contributed by atoms with E-state index in [1.165, 1.54) is 4.90 Å². The van der Waals surface area contributed by atoms with Crippen LogP contribution < -0.4 is 10.1 Å². The molecule has 0 atom stereocenters. The third-order valence-electron chi connectivity index (χ3n) is 4.07. The van der Waals surface area contributed by atoms with Gasteiger partial charge in [-0.05, 0) is 32.2 Å². The van der Waals surface area contributed by atoms with Crippen LogP contribution in [0.1, 0.15) is 12.5 Å². The Bertz CT molecular complexity index is 813. The summed E-state index contributed by atoms with van der Waals surface area (Å²) in [7, 11) is 3.47. The molecule has 0 aliphatic heterocycles. The predicted molar refractivity (Wildman–Crippen MR) is 112 cm³/mol. The zero-order valence-electron chi connectivity index (χ0n) is 16.4. The molecule has 0 unspecified atom stereocenters. The van der Waals surface area contributed by atoms with E-state index >= 15 is 0 Å². The number of halogens is 1. The number of nitrogens with zero attached hydrogens (tertiary/aromatic N) is 2. The van der Waals surface area contributed by atoms with Crippen molar-refractivity contribution >= 4 is 29.1 Å². The summed E-state index contributed by atoms with van der Waals surface area (Å²) < 4.78 is 5.62. The number of rotatable bonds is 9. The van der Waals surface area contributed by atoms with Gasteiger partial charge in [0, 0.05) is 19.2 Å². The number of ether oxygens (including phenoxy) is 1. The Hall–Kier alpha value is -2.57. The number of hydrogen-bond acceptors (Lipinski definition) is 4. The Kier molecular flexibility index (Phi) is 8.29. The molecule has 2 rings (SSSR count). The number of amides is 2. The molecule has 0 aliphatic rings. The van der Waals surface area contributed by atoms with Crippen LogP contribution in [0.3, 0.4) is 0 Å². The van der Waals surface area contributed by atoms with Crippen molar-refractivity contribution in [3.8, 4) is 5.75 Å². The lowest BCUT2D eigenvalue weighted by Gasteiger charge is -2.22. The highest BCUT2D eigenvalue weighted by atomic mass is 35.5. The summed E-state index contributed by atoms with van der Waals surface area (Å²) in [6.45, 7) is 3.24. The van der Waals surface area contributed by atoms with Gasteiger partial charge in [-0.25, -0.2) is 0 Å². The van der Waals surface area contributed by atoms with Gasteiger partial charge in [-0.3, -0.25) is 14.5 Å². The first-order valence-electron chi connectivity index (χ1n) is 9.08. The van der Waals surface area contributed by atoms with E-state index < -0.39 is 0 Å². The van der Waals surface area contributed by atoms with E-state index in [1.807, 2.05) is 43.1 Å². The van der Waals surface area contributed by atoms with Crippen LogP contribution in [0.4, 0.5) is 5.69 Å². The molecule has 0 aliphatic carbocycles. The van der Waals surface area contributed by atoms with E-state index in [0.29, 0.717) is 23.9 Å². The number of para-hydroxylation sites is 2. The van der Waals surface area contributed by atoms with Crippen LogP contribution in [0, 0.1) is 0 Å². The van der Waals surface area contributed by atoms with Crippen LogP contribution in [0.2, 0.25) is 5.02 Å². The molecule has 28 heavy (non-hydrogen) atoms. The molecule has 0 saturated carbocycles. The van der Waals surface area contributed by atoms with Crippen LogP contribution >= 0.6 is 11.6 Å². The maximum atomic E-state index is 12.5. The summed E-state index contributed by atoms with van der Waals surface area (Å²) in [5.41, 5.74) is 1.54. The fourth-order valence-corrected chi connectivity index (χ4v) is 2.87. The molecule has 0 radical (unpaired) electrons. The number of hydrogen-bond donors (Lipinski definition) is 1. The molecular formula is C21H26ClN3O3. The van der Waals surface area contributed by atoms with Crippen molar-refractivity contribution in [2.45, 2.75) is 13.5 Å². The van der Waals surface area contributed by atoms with Gasteiger partial charge in [-0.15, -0.1) is 0 Å². The van der Waals surface area contributed by atoms with Gasteiger partial charge in [0.2, 0.25) is 11.8 Å². The largest absolute Gasteiger partial charge is 0.494 e. The normalized spacial score (nSPS) is 10.6. The zero-order chi connectivity index (χ0) is 20.5. The van der Waals surface area contributed by atoms with Crippen molar-refractivity contribution in [1.29, 1.82) is 0 Å². The second kappa shape index (κ2) is 10.7. The Labute approximate surface area is 171 Å². The lowest BCUT2D eigenvalue weighted by molar-refractivity contribution is -0.134. The SMILES string of the molecule is CCOc1ccccc1CN(C)CC(=O)N(C)CC(=O)Nc1ccccc1Cl. The van der Waals surface area contributed by atoms with E-state index in [4.69, 9.17) is 16.3 Å². The van der Waals surface area contributed by atoms with Crippen LogP contribution in [-0.2, 0) is 16.1 Å². The Morgan fingerprint density at radius 3 is 2.43 bits per heavy atom. The first-order valence-corrected chi connectivity index (χ1v) is 9.46. The van der Waals surface area contributed by atoms with Gasteiger partial charge in [0.15, 0.2) is 0 Å². The third-order valence-corrected chi connectivity index (χ3v) is 4.40. The Morgan fingerprint density at radius 2 is 1.71 bits per heavy atom. The molecule has 1 N–H and O–H groups in total. The second-order valence-corrected chi connectivity index (χ2v) is 6.90. The average molecular weight is 404 g/mol. The summed E-state index contributed by atoms with van der Waals surface area (Å²) in [5.74, 6) is 0.371. The zero-order valence-corrected chi connectivity index (χ0v) is 17.2. The van der Waals surface area contributed by atoms with Gasteiger partial charge in [-0.2, -0.15) is 0 Å². The topological polar surface area (TPSA) is 61.9 Å². The molecule has 0 aromatic heterocycles. The summed E-state index contributed by atoms with van der Waals surface area (Å²) in [4.78, 5) is 27.9. The minimum absolute atomic E-state index is 0.0482. The molecule has 2 aromatic rings. The van der Waals surface area contributed by atoms with Crippen molar-refractivity contribution in [1.82, 2.24) is 9.80 Å². The lowest BCUT2D eigenvalue weighted by Crippen LogP contribution is -2.40. The number of anilines is 1. The van der Waals surface area contributed by atoms with E-state index in [1.54, 1.807) is 31.3 Å². The number of carbonyl (C=O) groups is 2. The van der Waals surface area contributed by atoms with E-state index in [2.05, 4.69) is 5.32 Å². The molecular weight excluding hydrogens is 378 g/mol. The first-order chi connectivity index (χ1) is 13.4. The molecule has 0 saturated heterocycles. The van der Waals surface area contributed by atoms with Crippen LogP contribution in [0.5, 0.6) is 5.75 Å². The summed E-state index contributed by atoms with van der Waals surface area (Å²) >= 11 is 6.04. The predicted octanol–water partition coefficient (Wildman–Crippen LogP) is 3.27. The van der Waals surface area contributed by atoms with Crippen LogP contribution in [0.25, 0.3) is 0 Å². The molecule has 0 fully saturated rings. The standard InChI is InChI=1S/C21H26ClN3O3/c1-4-28-19-12-8-5-9-16(19)13-24(2)15-21(27)25(3)14-20(26)23-18-11-7-6-10-17(18)22/h5-12H,4,13-15H2,1-3H3,(H,23,26). The van der Waals surface area contributed by atoms with Gasteiger partial charge in [-0.1, -0.05) is 41.9 Å². The van der Waals surface area contributed by atoms with Gasteiger partial charge < -0.3 is 15.0 Å². The molecule has 0 heterocycles. The maximum Gasteiger partial charge on any atom is 0.244 e. The van der Waals surface area contributed by atoms with Crippen molar-refractivity contribution < 1.29 is 14.3 Å². The fourth-order valence-electron chi connectivity index (χ4n) is 2.68. The molecule has 150 valence electrons. The fraction of sp³-hybridized carbons (Fsp3) is 0.333. The quantitative estimate of drug-likeness (QED) is 0.698. The Morgan fingerprint density at radius 1 is 1.04 bits per heavy atom. The smallest absolute Gasteiger partial charge is 0.244 e. The van der Waals surface area contributed by atoms with Crippen molar-refractivity contribution in [2.24, 2.45) is 0 Å². The number of benzene rings is 2. The molecule has 6 nitrogen and oxygen atoms in total. The van der Waals surface area contributed by atoms with E-state index in [-0.39, 0.29) is 24.9 Å². The third kappa shape index (κ3) is 6.55. The van der Waals surface area contributed by atoms with Crippen LogP contribution in [-0.4, -0.2) is 55.4 Å². The number of carbonyl (C=O) groups excluding carboxylic acids is 2. The Balaban J connectivity index is 1.86. The summed E-state index contributed by atoms with van der Waals surface area (Å²) in [6, 6.07) is 14.7. The minimum atomic E-state index is -0.298. The summed E-state index contributed by atoms with van der Waals surface area (Å²) in [6.07, 6.45) is 0. The molecule has 0 bridgehead atoms. The summed E-state index contributed by atoms with van der Waals surface area (Å²) in [5, 5.41) is 3.17. The van der Waals surface area contributed by atoms with Crippen molar-refractivity contribution in [3.05, 3.63) is 59.1 Å². The highest BCUT2D eigenvalue weighted by Gasteiger charge is 2.16. The highest BCUT2D eigenvalue weighted by Crippen LogP contribution is 2.20. The van der Waals surface area contributed by atoms with Gasteiger partial charge in [0.25, 0.3) is 0 Å².